The van der Waals surface area contributed by atoms with Gasteiger partial charge in [0.1, 0.15) is 0 Å². The Bertz CT molecular complexity index is 339. The number of piperidine rings is 1. The van der Waals surface area contributed by atoms with Gasteiger partial charge in [-0.15, -0.1) is 0 Å². The quantitative estimate of drug-likeness (QED) is 0.865. The molecule has 1 heterocycles. The van der Waals surface area contributed by atoms with Crippen LogP contribution >= 0.6 is 0 Å². The SMILES string of the molecule is CCc1ccc(CC(N)CN2CCCCC2)cc1. The van der Waals surface area contributed by atoms with Gasteiger partial charge in [-0.3, -0.25) is 0 Å². The van der Waals surface area contributed by atoms with E-state index >= 15 is 0 Å². The molecule has 100 valence electrons. The lowest BCUT2D eigenvalue weighted by Gasteiger charge is -2.29. The summed E-state index contributed by atoms with van der Waals surface area (Å²) in [4.78, 5) is 2.52. The van der Waals surface area contributed by atoms with Gasteiger partial charge in [-0.05, 0) is 49.9 Å². The highest BCUT2D eigenvalue weighted by molar-refractivity contribution is 5.23. The molecule has 1 aromatic rings. The molecule has 2 N–H and O–H groups in total. The van der Waals surface area contributed by atoms with Crippen molar-refractivity contribution in [1.82, 2.24) is 4.90 Å². The Balaban J connectivity index is 1.80. The monoisotopic (exact) mass is 246 g/mol. The molecule has 1 aliphatic heterocycles. The molecule has 0 aromatic heterocycles. The smallest absolute Gasteiger partial charge is 0.0208 e. The van der Waals surface area contributed by atoms with E-state index in [2.05, 4.69) is 36.1 Å². The van der Waals surface area contributed by atoms with Gasteiger partial charge in [0.05, 0.1) is 0 Å². The summed E-state index contributed by atoms with van der Waals surface area (Å²) in [5, 5.41) is 0. The Hall–Kier alpha value is -0.860. The van der Waals surface area contributed by atoms with E-state index in [1.165, 1.54) is 43.5 Å². The molecule has 0 spiro atoms. The third-order valence-electron chi connectivity index (χ3n) is 3.87. The summed E-state index contributed by atoms with van der Waals surface area (Å²) < 4.78 is 0. The van der Waals surface area contributed by atoms with Crippen LogP contribution in [0.25, 0.3) is 0 Å². The van der Waals surface area contributed by atoms with E-state index in [0.29, 0.717) is 0 Å². The minimum Gasteiger partial charge on any atom is -0.326 e. The lowest BCUT2D eigenvalue weighted by molar-refractivity contribution is 0.215. The molecule has 18 heavy (non-hydrogen) atoms. The summed E-state index contributed by atoms with van der Waals surface area (Å²) in [6, 6.07) is 9.19. The third-order valence-corrected chi connectivity index (χ3v) is 3.87. The first-order chi connectivity index (χ1) is 8.78. The number of likely N-dealkylation sites (tertiary alicyclic amines) is 1. The van der Waals surface area contributed by atoms with Crippen LogP contribution in [-0.4, -0.2) is 30.6 Å². The largest absolute Gasteiger partial charge is 0.326 e. The van der Waals surface area contributed by atoms with Gasteiger partial charge >= 0.3 is 0 Å². The summed E-state index contributed by atoms with van der Waals surface area (Å²) in [6.45, 7) is 5.72. The van der Waals surface area contributed by atoms with E-state index in [1.54, 1.807) is 0 Å². The fraction of sp³-hybridized carbons (Fsp3) is 0.625. The van der Waals surface area contributed by atoms with E-state index in [1.807, 2.05) is 0 Å². The van der Waals surface area contributed by atoms with Crippen molar-refractivity contribution >= 4 is 0 Å². The van der Waals surface area contributed by atoms with Gasteiger partial charge in [0, 0.05) is 12.6 Å². The molecule has 2 nitrogen and oxygen atoms in total. The fourth-order valence-corrected chi connectivity index (χ4v) is 2.75. The Kier molecular flexibility index (Phi) is 5.21. The molecule has 1 aromatic carbocycles. The van der Waals surface area contributed by atoms with Crippen molar-refractivity contribution in [2.75, 3.05) is 19.6 Å². The van der Waals surface area contributed by atoms with E-state index in [0.717, 1.165) is 19.4 Å². The van der Waals surface area contributed by atoms with Crippen molar-refractivity contribution in [3.05, 3.63) is 35.4 Å². The second-order valence-corrected chi connectivity index (χ2v) is 5.50. The predicted octanol–water partition coefficient (Wildman–Crippen LogP) is 2.60. The topological polar surface area (TPSA) is 29.3 Å². The lowest BCUT2D eigenvalue weighted by atomic mass is 10.0. The molecule has 0 saturated carbocycles. The summed E-state index contributed by atoms with van der Waals surface area (Å²) in [7, 11) is 0. The van der Waals surface area contributed by atoms with Gasteiger partial charge in [-0.25, -0.2) is 0 Å². The number of rotatable bonds is 5. The van der Waals surface area contributed by atoms with E-state index in [4.69, 9.17) is 5.73 Å². The standard InChI is InChI=1S/C16H26N2/c1-2-14-6-8-15(9-7-14)12-16(17)13-18-10-4-3-5-11-18/h6-9,16H,2-5,10-13,17H2,1H3. The highest BCUT2D eigenvalue weighted by Gasteiger charge is 2.13. The molecule has 2 rings (SSSR count). The summed E-state index contributed by atoms with van der Waals surface area (Å²) in [5.74, 6) is 0. The maximum atomic E-state index is 6.27. The van der Waals surface area contributed by atoms with Crippen LogP contribution in [-0.2, 0) is 12.8 Å². The van der Waals surface area contributed by atoms with Crippen LogP contribution in [0.1, 0.15) is 37.3 Å². The molecule has 0 radical (unpaired) electrons. The van der Waals surface area contributed by atoms with Crippen LogP contribution in [0, 0.1) is 0 Å². The zero-order valence-corrected chi connectivity index (χ0v) is 11.6. The first kappa shape index (κ1) is 13.6. The average molecular weight is 246 g/mol. The summed E-state index contributed by atoms with van der Waals surface area (Å²) >= 11 is 0. The molecule has 1 unspecified atom stereocenters. The third kappa shape index (κ3) is 4.11. The molecule has 1 aliphatic rings. The number of hydrogen-bond donors (Lipinski definition) is 1. The van der Waals surface area contributed by atoms with Crippen molar-refractivity contribution in [2.45, 2.75) is 45.1 Å². The van der Waals surface area contributed by atoms with Gasteiger partial charge in [-0.1, -0.05) is 37.6 Å². The van der Waals surface area contributed by atoms with Crippen LogP contribution in [0.4, 0.5) is 0 Å². The normalized spacial score (nSPS) is 18.8. The van der Waals surface area contributed by atoms with Crippen LogP contribution in [0.3, 0.4) is 0 Å². The Labute approximate surface area is 111 Å². The fourth-order valence-electron chi connectivity index (χ4n) is 2.75. The van der Waals surface area contributed by atoms with Crippen LogP contribution in [0.5, 0.6) is 0 Å². The van der Waals surface area contributed by atoms with E-state index in [9.17, 15) is 0 Å². The van der Waals surface area contributed by atoms with Gasteiger partial charge in [0.15, 0.2) is 0 Å². The van der Waals surface area contributed by atoms with Crippen molar-refractivity contribution in [1.29, 1.82) is 0 Å². The lowest BCUT2D eigenvalue weighted by Crippen LogP contribution is -2.41. The number of nitrogens with two attached hydrogens (primary N) is 1. The maximum absolute atomic E-state index is 6.27. The number of hydrogen-bond acceptors (Lipinski definition) is 2. The Morgan fingerprint density at radius 2 is 1.67 bits per heavy atom. The van der Waals surface area contributed by atoms with Crippen molar-refractivity contribution in [3.63, 3.8) is 0 Å². The molecule has 0 aliphatic carbocycles. The molecule has 1 fully saturated rings. The van der Waals surface area contributed by atoms with Crippen LogP contribution in [0.15, 0.2) is 24.3 Å². The predicted molar refractivity (Wildman–Crippen MR) is 77.8 cm³/mol. The number of benzene rings is 1. The van der Waals surface area contributed by atoms with Gasteiger partial charge < -0.3 is 10.6 Å². The summed E-state index contributed by atoms with van der Waals surface area (Å²) in [6.07, 6.45) is 6.20. The molecule has 1 atom stereocenters. The second-order valence-electron chi connectivity index (χ2n) is 5.50. The molecule has 1 saturated heterocycles. The molecular weight excluding hydrogens is 220 g/mol. The Morgan fingerprint density at radius 3 is 2.28 bits per heavy atom. The molecule has 2 heteroatoms. The van der Waals surface area contributed by atoms with Gasteiger partial charge in [-0.2, -0.15) is 0 Å². The van der Waals surface area contributed by atoms with Crippen molar-refractivity contribution in [3.8, 4) is 0 Å². The van der Waals surface area contributed by atoms with E-state index < -0.39 is 0 Å². The highest BCUT2D eigenvalue weighted by atomic mass is 15.1. The Morgan fingerprint density at radius 1 is 1.06 bits per heavy atom. The maximum Gasteiger partial charge on any atom is 0.0208 e. The van der Waals surface area contributed by atoms with E-state index in [-0.39, 0.29) is 6.04 Å². The van der Waals surface area contributed by atoms with Crippen molar-refractivity contribution in [2.24, 2.45) is 5.73 Å². The van der Waals surface area contributed by atoms with Gasteiger partial charge in [0.2, 0.25) is 0 Å². The molecular formula is C16H26N2. The van der Waals surface area contributed by atoms with Crippen LogP contribution < -0.4 is 5.73 Å². The second kappa shape index (κ2) is 6.91. The van der Waals surface area contributed by atoms with Crippen LogP contribution in [0.2, 0.25) is 0 Å². The molecule has 0 bridgehead atoms. The average Bonchev–Trinajstić information content (AvgIpc) is 2.40. The highest BCUT2D eigenvalue weighted by Crippen LogP contribution is 2.11. The first-order valence-corrected chi connectivity index (χ1v) is 7.33. The zero-order valence-electron chi connectivity index (χ0n) is 11.6. The number of nitrogens with zero attached hydrogens (tertiary/aromatic N) is 1. The zero-order chi connectivity index (χ0) is 12.8. The minimum atomic E-state index is 0.274. The first-order valence-electron chi connectivity index (χ1n) is 7.33. The number of aryl methyl sites for hydroxylation is 1. The minimum absolute atomic E-state index is 0.274. The summed E-state index contributed by atoms with van der Waals surface area (Å²) in [5.41, 5.74) is 9.04. The molecule has 0 amide bonds. The van der Waals surface area contributed by atoms with Crippen molar-refractivity contribution < 1.29 is 0 Å². The van der Waals surface area contributed by atoms with Gasteiger partial charge in [0.25, 0.3) is 0 Å².